The van der Waals surface area contributed by atoms with Crippen LogP contribution in [-0.2, 0) is 17.8 Å². The Morgan fingerprint density at radius 2 is 2.21 bits per heavy atom. The Labute approximate surface area is 143 Å². The van der Waals surface area contributed by atoms with Crippen molar-refractivity contribution in [3.05, 3.63) is 48.3 Å². The molecule has 24 heavy (non-hydrogen) atoms. The first-order valence-electron chi connectivity index (χ1n) is 8.87. The number of hydrogen-bond donors (Lipinski definition) is 0. The highest BCUT2D eigenvalue weighted by Gasteiger charge is 2.41. The normalized spacial score (nSPS) is 28.2. The molecule has 0 amide bonds. The molecule has 2 fully saturated rings. The first-order chi connectivity index (χ1) is 11.8. The van der Waals surface area contributed by atoms with Gasteiger partial charge in [0.25, 0.3) is 0 Å². The van der Waals surface area contributed by atoms with Gasteiger partial charge >= 0.3 is 0 Å². The van der Waals surface area contributed by atoms with Crippen molar-refractivity contribution < 1.29 is 13.6 Å². The molecule has 4 heterocycles. The van der Waals surface area contributed by atoms with Gasteiger partial charge in [-0.15, -0.1) is 0 Å². The minimum atomic E-state index is 0.333. The van der Waals surface area contributed by atoms with E-state index in [1.807, 2.05) is 18.4 Å². The van der Waals surface area contributed by atoms with E-state index in [1.54, 1.807) is 12.5 Å². The molecule has 0 aliphatic carbocycles. The van der Waals surface area contributed by atoms with Crippen molar-refractivity contribution in [2.75, 3.05) is 26.7 Å². The van der Waals surface area contributed by atoms with Crippen LogP contribution in [0.3, 0.4) is 0 Å². The predicted octanol–water partition coefficient (Wildman–Crippen LogP) is 2.98. The molecule has 2 aliphatic rings. The van der Waals surface area contributed by atoms with Crippen molar-refractivity contribution >= 4 is 0 Å². The van der Waals surface area contributed by atoms with E-state index in [0.717, 1.165) is 38.5 Å². The van der Waals surface area contributed by atoms with Gasteiger partial charge < -0.3 is 13.6 Å². The number of ether oxygens (including phenoxy) is 1. The molecule has 4 rings (SSSR count). The summed E-state index contributed by atoms with van der Waals surface area (Å²) in [6, 6.07) is 6.45. The van der Waals surface area contributed by atoms with Crippen molar-refractivity contribution in [1.82, 2.24) is 9.80 Å². The molecule has 2 saturated heterocycles. The lowest BCUT2D eigenvalue weighted by molar-refractivity contribution is -0.113. The summed E-state index contributed by atoms with van der Waals surface area (Å²) < 4.78 is 17.0. The molecule has 5 heteroatoms. The molecular formula is C19H26N2O3. The Hall–Kier alpha value is -1.56. The van der Waals surface area contributed by atoms with Crippen LogP contribution in [0.4, 0.5) is 0 Å². The molecule has 2 aliphatic heterocycles. The average Bonchev–Trinajstić information content (AvgIpc) is 3.28. The molecule has 3 atom stereocenters. The summed E-state index contributed by atoms with van der Waals surface area (Å²) in [5.41, 5.74) is 1.25. The number of likely N-dealkylation sites (tertiary alicyclic amines) is 1. The van der Waals surface area contributed by atoms with E-state index in [4.69, 9.17) is 13.6 Å². The lowest BCUT2D eigenvalue weighted by Gasteiger charge is -2.48. The van der Waals surface area contributed by atoms with Crippen molar-refractivity contribution in [3.63, 3.8) is 0 Å². The van der Waals surface area contributed by atoms with Crippen LogP contribution < -0.4 is 0 Å². The van der Waals surface area contributed by atoms with Crippen LogP contribution in [0.25, 0.3) is 0 Å². The second-order valence-corrected chi connectivity index (χ2v) is 7.13. The van der Waals surface area contributed by atoms with Gasteiger partial charge in [-0.1, -0.05) is 0 Å². The summed E-state index contributed by atoms with van der Waals surface area (Å²) in [6.45, 7) is 4.80. The van der Waals surface area contributed by atoms with Gasteiger partial charge in [-0.05, 0) is 44.0 Å². The molecule has 0 aromatic carbocycles. The number of likely N-dealkylation sites (N-methyl/N-ethyl adjacent to an activating group) is 1. The summed E-state index contributed by atoms with van der Waals surface area (Å²) in [6.07, 6.45) is 8.12. The highest BCUT2D eigenvalue weighted by molar-refractivity contribution is 5.07. The van der Waals surface area contributed by atoms with Crippen molar-refractivity contribution in [2.45, 2.75) is 38.1 Å². The largest absolute Gasteiger partial charge is 0.472 e. The first kappa shape index (κ1) is 15.9. The molecule has 2 aromatic rings. The van der Waals surface area contributed by atoms with Gasteiger partial charge in [0, 0.05) is 37.8 Å². The minimum absolute atomic E-state index is 0.333. The fourth-order valence-corrected chi connectivity index (χ4v) is 4.19. The zero-order valence-electron chi connectivity index (χ0n) is 14.3. The van der Waals surface area contributed by atoms with Crippen LogP contribution in [0.2, 0.25) is 0 Å². The molecule has 130 valence electrons. The first-order valence-corrected chi connectivity index (χ1v) is 8.87. The van der Waals surface area contributed by atoms with Crippen LogP contribution in [0.15, 0.2) is 45.8 Å². The van der Waals surface area contributed by atoms with Crippen LogP contribution in [0.5, 0.6) is 0 Å². The zero-order valence-corrected chi connectivity index (χ0v) is 14.3. The number of piperidine rings is 1. The Balaban J connectivity index is 1.48. The second-order valence-electron chi connectivity index (χ2n) is 7.13. The van der Waals surface area contributed by atoms with Gasteiger partial charge in [-0.2, -0.15) is 0 Å². The topological polar surface area (TPSA) is 42.0 Å². The van der Waals surface area contributed by atoms with Crippen LogP contribution in [0, 0.1) is 5.92 Å². The van der Waals surface area contributed by atoms with E-state index >= 15 is 0 Å². The van der Waals surface area contributed by atoms with Gasteiger partial charge in [0.15, 0.2) is 0 Å². The molecule has 0 unspecified atom stereocenters. The third kappa shape index (κ3) is 3.43. The maximum absolute atomic E-state index is 6.20. The zero-order chi connectivity index (χ0) is 16.4. The van der Waals surface area contributed by atoms with Crippen molar-refractivity contribution in [2.24, 2.45) is 5.92 Å². The minimum Gasteiger partial charge on any atom is -0.472 e. The van der Waals surface area contributed by atoms with Crippen molar-refractivity contribution in [3.8, 4) is 0 Å². The maximum atomic E-state index is 6.20. The number of furan rings is 2. The molecule has 0 bridgehead atoms. The summed E-state index contributed by atoms with van der Waals surface area (Å²) in [5.74, 6) is 1.63. The van der Waals surface area contributed by atoms with Gasteiger partial charge in [0.2, 0.25) is 0 Å². The summed E-state index contributed by atoms with van der Waals surface area (Å²) in [5, 5.41) is 0. The predicted molar refractivity (Wildman–Crippen MR) is 90.4 cm³/mol. The van der Waals surface area contributed by atoms with E-state index in [2.05, 4.69) is 22.9 Å². The number of hydrogen-bond acceptors (Lipinski definition) is 5. The monoisotopic (exact) mass is 330 g/mol. The number of fused-ring (bicyclic) bond motifs is 1. The molecule has 0 radical (unpaired) electrons. The smallest absolute Gasteiger partial charge is 0.117 e. The second kappa shape index (κ2) is 7.13. The Kier molecular flexibility index (Phi) is 4.74. The average molecular weight is 330 g/mol. The van der Waals surface area contributed by atoms with Gasteiger partial charge in [0.1, 0.15) is 5.76 Å². The summed E-state index contributed by atoms with van der Waals surface area (Å²) >= 11 is 0. The van der Waals surface area contributed by atoms with E-state index in [9.17, 15) is 0 Å². The highest BCUT2D eigenvalue weighted by Crippen LogP contribution is 2.32. The molecule has 0 N–H and O–H groups in total. The maximum Gasteiger partial charge on any atom is 0.117 e. The molecule has 0 spiro atoms. The van der Waals surface area contributed by atoms with Crippen LogP contribution >= 0.6 is 0 Å². The lowest BCUT2D eigenvalue weighted by Crippen LogP contribution is -2.59. The van der Waals surface area contributed by atoms with Crippen LogP contribution in [-0.4, -0.2) is 48.7 Å². The van der Waals surface area contributed by atoms with Gasteiger partial charge in [0.05, 0.1) is 31.4 Å². The fourth-order valence-electron chi connectivity index (χ4n) is 4.19. The van der Waals surface area contributed by atoms with E-state index < -0.39 is 0 Å². The SMILES string of the molecule is CN(Cc1ccco1)[C@@H]1CN(Cc2ccoc2)C[C@@H]2CCCO[C@@H]21. The van der Waals surface area contributed by atoms with E-state index in [0.29, 0.717) is 18.1 Å². The summed E-state index contributed by atoms with van der Waals surface area (Å²) in [4.78, 5) is 4.94. The Bertz CT molecular complexity index is 576. The lowest BCUT2D eigenvalue weighted by atomic mass is 9.84. The molecular weight excluding hydrogens is 304 g/mol. The fraction of sp³-hybridized carbons (Fsp3) is 0.579. The third-order valence-corrected chi connectivity index (χ3v) is 5.35. The standard InChI is InChI=1S/C19H26N2O3/c1-20(12-17-5-3-7-23-17)18-13-21(10-15-6-9-22-14-15)11-16-4-2-8-24-19(16)18/h3,5-7,9,14,16,18-19H,2,4,8,10-13H2,1H3/t16-,18+,19-/m0/s1. The highest BCUT2D eigenvalue weighted by atomic mass is 16.5. The molecule has 2 aromatic heterocycles. The van der Waals surface area contributed by atoms with E-state index in [-0.39, 0.29) is 0 Å². The quantitative estimate of drug-likeness (QED) is 0.843. The molecule has 0 saturated carbocycles. The number of rotatable bonds is 5. The van der Waals surface area contributed by atoms with Gasteiger partial charge in [-0.3, -0.25) is 9.80 Å². The summed E-state index contributed by atoms with van der Waals surface area (Å²) in [7, 11) is 2.18. The Morgan fingerprint density at radius 1 is 1.25 bits per heavy atom. The van der Waals surface area contributed by atoms with E-state index in [1.165, 1.54) is 18.4 Å². The Morgan fingerprint density at radius 3 is 3.00 bits per heavy atom. The third-order valence-electron chi connectivity index (χ3n) is 5.35. The molecule has 5 nitrogen and oxygen atoms in total. The van der Waals surface area contributed by atoms with Crippen molar-refractivity contribution in [1.29, 1.82) is 0 Å². The number of nitrogens with zero attached hydrogens (tertiary/aromatic N) is 2. The van der Waals surface area contributed by atoms with Crippen LogP contribution in [0.1, 0.15) is 24.2 Å². The van der Waals surface area contributed by atoms with Gasteiger partial charge in [-0.25, -0.2) is 0 Å².